The number of carbonyl (C=O) groups excluding carboxylic acids is 4. The van der Waals surface area contributed by atoms with Crippen molar-refractivity contribution >= 4 is 34.7 Å². The van der Waals surface area contributed by atoms with Crippen LogP contribution in [-0.4, -0.2) is 62.0 Å². The Hall–Kier alpha value is -5.07. The molecule has 0 spiro atoms. The van der Waals surface area contributed by atoms with E-state index in [4.69, 9.17) is 4.42 Å². The van der Waals surface area contributed by atoms with E-state index in [0.717, 1.165) is 5.56 Å². The van der Waals surface area contributed by atoms with E-state index in [1.165, 1.54) is 6.26 Å². The van der Waals surface area contributed by atoms with Gasteiger partial charge < -0.3 is 25.7 Å². The van der Waals surface area contributed by atoms with E-state index in [1.54, 1.807) is 38.6 Å². The minimum Gasteiger partial charge on any atom is -0.446 e. The second-order valence-corrected chi connectivity index (χ2v) is 11.0. The lowest BCUT2D eigenvalue weighted by Gasteiger charge is -2.21. The first kappa shape index (κ1) is 30.4. The second kappa shape index (κ2) is 13.1. The highest BCUT2D eigenvalue weighted by Gasteiger charge is 2.28. The van der Waals surface area contributed by atoms with Gasteiger partial charge in [-0.25, -0.2) is 9.97 Å². The van der Waals surface area contributed by atoms with Crippen LogP contribution in [0.4, 0.5) is 0 Å². The summed E-state index contributed by atoms with van der Waals surface area (Å²) in [6, 6.07) is 8.66. The van der Waals surface area contributed by atoms with Gasteiger partial charge in [0.1, 0.15) is 24.4 Å². The molecule has 4 amide bonds. The molecule has 4 N–H and O–H groups in total. The molecule has 4 aromatic rings. The van der Waals surface area contributed by atoms with Crippen molar-refractivity contribution in [1.29, 1.82) is 0 Å². The Labute approximate surface area is 254 Å². The summed E-state index contributed by atoms with van der Waals surface area (Å²) in [6.45, 7) is 5.60. The van der Waals surface area contributed by atoms with Crippen LogP contribution in [-0.2, 0) is 23.1 Å². The van der Waals surface area contributed by atoms with Crippen molar-refractivity contribution < 1.29 is 23.6 Å². The van der Waals surface area contributed by atoms with Gasteiger partial charge in [-0.2, -0.15) is 5.10 Å². The summed E-state index contributed by atoms with van der Waals surface area (Å²) in [4.78, 5) is 62.0. The summed E-state index contributed by atoms with van der Waals surface area (Å²) in [5.41, 5.74) is 3.13. The monoisotopic (exact) mass is 600 g/mol. The van der Waals surface area contributed by atoms with Crippen LogP contribution in [0.3, 0.4) is 0 Å². The predicted molar refractivity (Wildman–Crippen MR) is 161 cm³/mol. The van der Waals surface area contributed by atoms with E-state index in [2.05, 4.69) is 36.3 Å². The first-order valence-corrected chi connectivity index (χ1v) is 14.6. The lowest BCUT2D eigenvalue weighted by atomic mass is 10.0. The minimum atomic E-state index is -0.891. The van der Waals surface area contributed by atoms with Crippen LogP contribution in [0, 0.1) is 13.8 Å². The fraction of sp³-hybridized carbons (Fsp3) is 0.387. The minimum absolute atomic E-state index is 0.0205. The summed E-state index contributed by atoms with van der Waals surface area (Å²) < 4.78 is 7.15. The van der Waals surface area contributed by atoms with Crippen molar-refractivity contribution in [2.24, 2.45) is 7.05 Å². The maximum absolute atomic E-state index is 13.6. The van der Waals surface area contributed by atoms with Crippen molar-refractivity contribution in [2.45, 2.75) is 64.6 Å². The number of oxazole rings is 1. The molecule has 230 valence electrons. The summed E-state index contributed by atoms with van der Waals surface area (Å²) >= 11 is 0. The van der Waals surface area contributed by atoms with Crippen molar-refractivity contribution in [2.75, 3.05) is 6.54 Å². The molecule has 13 heteroatoms. The number of carbonyl (C=O) groups is 4. The molecule has 4 heterocycles. The molecule has 0 unspecified atom stereocenters. The fourth-order valence-electron chi connectivity index (χ4n) is 5.32. The molecular weight excluding hydrogens is 564 g/mol. The van der Waals surface area contributed by atoms with Crippen LogP contribution in [0.5, 0.6) is 0 Å². The summed E-state index contributed by atoms with van der Waals surface area (Å²) in [7, 11) is 1.76. The largest absolute Gasteiger partial charge is 0.446 e. The van der Waals surface area contributed by atoms with E-state index >= 15 is 0 Å². The second-order valence-electron chi connectivity index (χ2n) is 11.0. The van der Waals surface area contributed by atoms with Crippen LogP contribution in [0.2, 0.25) is 0 Å². The quantitative estimate of drug-likeness (QED) is 0.276. The van der Waals surface area contributed by atoms with E-state index in [0.29, 0.717) is 60.2 Å². The van der Waals surface area contributed by atoms with Crippen LogP contribution >= 0.6 is 0 Å². The highest BCUT2D eigenvalue weighted by molar-refractivity contribution is 6.07. The molecule has 0 radical (unpaired) electrons. The maximum atomic E-state index is 13.6. The van der Waals surface area contributed by atoms with Crippen LogP contribution in [0.25, 0.3) is 11.0 Å². The van der Waals surface area contributed by atoms with Crippen molar-refractivity contribution in [1.82, 2.24) is 41.0 Å². The van der Waals surface area contributed by atoms with Gasteiger partial charge in [-0.05, 0) is 51.7 Å². The Balaban J connectivity index is 1.37. The van der Waals surface area contributed by atoms with E-state index in [-0.39, 0.29) is 17.5 Å². The molecule has 3 aromatic heterocycles. The molecule has 2 bridgehead atoms. The molecular formula is C31H36N8O5. The average Bonchev–Trinajstić information content (AvgIpc) is 3.60. The lowest BCUT2D eigenvalue weighted by molar-refractivity contribution is -0.124. The molecule has 0 aliphatic carbocycles. The standard InChI is InChI=1S/C31H36N8O5/c1-17-14-21(25-18(2)38-39(4)26(25)33-17)27(40)35-22-12-8-9-13-32-28(41)23(15-20-10-6-5-7-11-20)36-30(43)24-16-44-31(37-24)19(3)34-29(22)42/h5-7,10-11,14,16,19,22-23H,8-9,12-13,15H2,1-4H3,(H,32,41)(H,34,42)(H,35,40)(H,36,43)/t19-,22-,23-/m0/s1. The molecule has 13 nitrogen and oxygen atoms in total. The van der Waals surface area contributed by atoms with Crippen molar-refractivity contribution in [3.63, 3.8) is 0 Å². The van der Waals surface area contributed by atoms with Crippen molar-refractivity contribution in [3.05, 3.63) is 76.8 Å². The number of pyridine rings is 1. The van der Waals surface area contributed by atoms with E-state index in [9.17, 15) is 19.2 Å². The topological polar surface area (TPSA) is 173 Å². The SMILES string of the molecule is Cc1cc(C(=O)N[C@H]2CCCCNC(=O)[C@H](Cc3ccccc3)NC(=O)c3coc(n3)[C@H](C)NC2=O)c2c(C)nn(C)c2n1. The zero-order valence-electron chi connectivity index (χ0n) is 25.1. The maximum Gasteiger partial charge on any atom is 0.273 e. The third-order valence-corrected chi connectivity index (χ3v) is 7.57. The Morgan fingerprint density at radius 2 is 1.84 bits per heavy atom. The number of aryl methyl sites for hydroxylation is 3. The normalized spacial score (nSPS) is 20.1. The smallest absolute Gasteiger partial charge is 0.273 e. The zero-order valence-corrected chi connectivity index (χ0v) is 25.1. The first-order chi connectivity index (χ1) is 21.1. The third kappa shape index (κ3) is 6.77. The molecule has 44 heavy (non-hydrogen) atoms. The van der Waals surface area contributed by atoms with Gasteiger partial charge in [0.15, 0.2) is 11.3 Å². The number of hydrogen-bond acceptors (Lipinski definition) is 8. The highest BCUT2D eigenvalue weighted by atomic mass is 16.3. The molecule has 1 aliphatic heterocycles. The fourth-order valence-corrected chi connectivity index (χ4v) is 5.32. The Morgan fingerprint density at radius 1 is 1.07 bits per heavy atom. The van der Waals surface area contributed by atoms with Gasteiger partial charge in [0.2, 0.25) is 17.7 Å². The number of fused-ring (bicyclic) bond motifs is 3. The Bertz CT molecular complexity index is 1700. The summed E-state index contributed by atoms with van der Waals surface area (Å²) in [6.07, 6.45) is 2.88. The number of hydrogen-bond donors (Lipinski definition) is 4. The van der Waals surface area contributed by atoms with E-state index < -0.39 is 35.8 Å². The molecule has 0 saturated carbocycles. The van der Waals surface area contributed by atoms with Crippen LogP contribution in [0.1, 0.15) is 75.9 Å². The molecule has 3 atom stereocenters. The number of nitrogens with zero attached hydrogens (tertiary/aromatic N) is 4. The Morgan fingerprint density at radius 3 is 2.61 bits per heavy atom. The first-order valence-electron chi connectivity index (χ1n) is 14.6. The van der Waals surface area contributed by atoms with Gasteiger partial charge in [-0.3, -0.25) is 23.9 Å². The van der Waals surface area contributed by atoms with Gasteiger partial charge in [0.05, 0.1) is 16.6 Å². The van der Waals surface area contributed by atoms with Gasteiger partial charge in [0, 0.05) is 25.7 Å². The predicted octanol–water partition coefficient (Wildman–Crippen LogP) is 2.19. The molecule has 5 rings (SSSR count). The third-order valence-electron chi connectivity index (χ3n) is 7.57. The Kier molecular flexibility index (Phi) is 9.02. The van der Waals surface area contributed by atoms with Gasteiger partial charge in [-0.15, -0.1) is 0 Å². The summed E-state index contributed by atoms with van der Waals surface area (Å²) in [5, 5.41) is 16.4. The molecule has 1 aliphatic rings. The average molecular weight is 601 g/mol. The number of rotatable bonds is 4. The summed E-state index contributed by atoms with van der Waals surface area (Å²) in [5.74, 6) is -1.65. The lowest BCUT2D eigenvalue weighted by Crippen LogP contribution is -2.49. The number of amides is 4. The molecule has 1 aromatic carbocycles. The highest BCUT2D eigenvalue weighted by Crippen LogP contribution is 2.22. The van der Waals surface area contributed by atoms with E-state index in [1.807, 2.05) is 30.3 Å². The van der Waals surface area contributed by atoms with Gasteiger partial charge in [-0.1, -0.05) is 30.3 Å². The van der Waals surface area contributed by atoms with Gasteiger partial charge >= 0.3 is 0 Å². The number of benzene rings is 1. The van der Waals surface area contributed by atoms with Crippen LogP contribution in [0.15, 0.2) is 47.1 Å². The number of nitrogens with one attached hydrogen (secondary N) is 4. The van der Waals surface area contributed by atoms with Gasteiger partial charge in [0.25, 0.3) is 11.8 Å². The van der Waals surface area contributed by atoms with Crippen LogP contribution < -0.4 is 21.3 Å². The number of aromatic nitrogens is 4. The molecule has 0 saturated heterocycles. The van der Waals surface area contributed by atoms with Crippen molar-refractivity contribution in [3.8, 4) is 0 Å². The molecule has 0 fully saturated rings. The zero-order chi connectivity index (χ0) is 31.4.